The first kappa shape index (κ1) is 16.5. The fourth-order valence-corrected chi connectivity index (χ4v) is 2.64. The first-order valence-corrected chi connectivity index (χ1v) is 7.73. The monoisotopic (exact) mass is 304 g/mol. The Bertz CT molecular complexity index is 536. The maximum absolute atomic E-state index is 12.4. The minimum atomic E-state index is -0.116. The van der Waals surface area contributed by atoms with Crippen molar-refractivity contribution in [3.8, 4) is 0 Å². The van der Waals surface area contributed by atoms with E-state index in [9.17, 15) is 9.59 Å². The van der Waals surface area contributed by atoms with Crippen LogP contribution in [-0.4, -0.2) is 49.6 Å². The molecule has 0 atom stereocenters. The van der Waals surface area contributed by atoms with Crippen molar-refractivity contribution in [1.82, 2.24) is 4.90 Å². The summed E-state index contributed by atoms with van der Waals surface area (Å²) in [6.07, 6.45) is 0. The number of nitrogens with zero attached hydrogens (tertiary/aromatic N) is 2. The van der Waals surface area contributed by atoms with Gasteiger partial charge in [-0.05, 0) is 17.5 Å². The second kappa shape index (κ2) is 7.40. The maximum Gasteiger partial charge on any atom is 0.242 e. The van der Waals surface area contributed by atoms with E-state index >= 15 is 0 Å². The van der Waals surface area contributed by atoms with E-state index in [4.69, 9.17) is 4.74 Å². The molecule has 5 nitrogen and oxygen atoms in total. The number of amides is 2. The lowest BCUT2D eigenvalue weighted by molar-refractivity contribution is -0.134. The number of rotatable bonds is 4. The number of anilines is 1. The lowest BCUT2D eigenvalue weighted by Crippen LogP contribution is -2.47. The molecule has 5 heteroatoms. The van der Waals surface area contributed by atoms with Crippen LogP contribution in [0.25, 0.3) is 0 Å². The molecule has 1 heterocycles. The first-order valence-electron chi connectivity index (χ1n) is 7.73. The third-order valence-corrected chi connectivity index (χ3v) is 3.89. The normalized spacial score (nSPS) is 15.0. The van der Waals surface area contributed by atoms with E-state index in [1.54, 1.807) is 9.80 Å². The molecule has 22 heavy (non-hydrogen) atoms. The largest absolute Gasteiger partial charge is 0.378 e. The highest BCUT2D eigenvalue weighted by Gasteiger charge is 2.23. The molecule has 120 valence electrons. The van der Waals surface area contributed by atoms with Crippen LogP contribution in [0, 0.1) is 0 Å². The van der Waals surface area contributed by atoms with Gasteiger partial charge in [0.25, 0.3) is 0 Å². The van der Waals surface area contributed by atoms with Crippen LogP contribution >= 0.6 is 0 Å². The third-order valence-electron chi connectivity index (χ3n) is 3.89. The molecule has 0 radical (unpaired) electrons. The summed E-state index contributed by atoms with van der Waals surface area (Å²) >= 11 is 0. The Morgan fingerprint density at radius 2 is 1.86 bits per heavy atom. The SMILES string of the molecule is CC(=O)N(CC(=O)N1CCOCC1)c1ccccc1C(C)C. The van der Waals surface area contributed by atoms with Gasteiger partial charge in [0.05, 0.1) is 13.2 Å². The van der Waals surface area contributed by atoms with Crippen LogP contribution in [0.3, 0.4) is 0 Å². The Labute approximate surface area is 131 Å². The molecule has 1 aliphatic heterocycles. The molecule has 0 N–H and O–H groups in total. The number of carbonyl (C=O) groups excluding carboxylic acids is 2. The summed E-state index contributed by atoms with van der Waals surface area (Å²) in [6.45, 7) is 8.07. The number of hydrogen-bond acceptors (Lipinski definition) is 3. The first-order chi connectivity index (χ1) is 10.5. The van der Waals surface area contributed by atoms with Crippen molar-refractivity contribution >= 4 is 17.5 Å². The molecule has 0 spiro atoms. The van der Waals surface area contributed by atoms with Crippen LogP contribution in [0.15, 0.2) is 24.3 Å². The van der Waals surface area contributed by atoms with Gasteiger partial charge in [-0.2, -0.15) is 0 Å². The molecule has 1 fully saturated rings. The van der Waals surface area contributed by atoms with Crippen LogP contribution < -0.4 is 4.90 Å². The molecule has 1 aromatic carbocycles. The summed E-state index contributed by atoms with van der Waals surface area (Å²) in [6, 6.07) is 7.77. The topological polar surface area (TPSA) is 49.9 Å². The van der Waals surface area contributed by atoms with Crippen molar-refractivity contribution in [3.63, 3.8) is 0 Å². The van der Waals surface area contributed by atoms with Gasteiger partial charge in [0.2, 0.25) is 11.8 Å². The highest BCUT2D eigenvalue weighted by Crippen LogP contribution is 2.27. The number of benzene rings is 1. The van der Waals surface area contributed by atoms with Gasteiger partial charge in [0.15, 0.2) is 0 Å². The van der Waals surface area contributed by atoms with Crippen molar-refractivity contribution in [3.05, 3.63) is 29.8 Å². The molecule has 0 unspecified atom stereocenters. The van der Waals surface area contributed by atoms with E-state index in [0.29, 0.717) is 26.3 Å². The highest BCUT2D eigenvalue weighted by atomic mass is 16.5. The van der Waals surface area contributed by atoms with E-state index in [2.05, 4.69) is 13.8 Å². The lowest BCUT2D eigenvalue weighted by Gasteiger charge is -2.30. The van der Waals surface area contributed by atoms with Gasteiger partial charge < -0.3 is 14.5 Å². The predicted molar refractivity (Wildman–Crippen MR) is 86.0 cm³/mol. The van der Waals surface area contributed by atoms with E-state index in [1.807, 2.05) is 24.3 Å². The lowest BCUT2D eigenvalue weighted by atomic mass is 10.0. The zero-order chi connectivity index (χ0) is 16.1. The van der Waals surface area contributed by atoms with Gasteiger partial charge in [0, 0.05) is 25.7 Å². The van der Waals surface area contributed by atoms with Gasteiger partial charge in [-0.3, -0.25) is 9.59 Å². The number of ether oxygens (including phenoxy) is 1. The molecule has 0 bridgehead atoms. The van der Waals surface area contributed by atoms with Crippen molar-refractivity contribution in [1.29, 1.82) is 0 Å². The molecule has 0 aliphatic carbocycles. The van der Waals surface area contributed by atoms with Crippen LogP contribution in [0.2, 0.25) is 0 Å². The highest BCUT2D eigenvalue weighted by molar-refractivity contribution is 5.98. The maximum atomic E-state index is 12.4. The third kappa shape index (κ3) is 3.85. The van der Waals surface area contributed by atoms with E-state index in [-0.39, 0.29) is 24.3 Å². The van der Waals surface area contributed by atoms with Crippen molar-refractivity contribution in [2.24, 2.45) is 0 Å². The molecule has 1 aliphatic rings. The van der Waals surface area contributed by atoms with Crippen LogP contribution in [-0.2, 0) is 14.3 Å². The number of morpholine rings is 1. The summed E-state index contributed by atoms with van der Waals surface area (Å²) in [4.78, 5) is 27.8. The molecule has 0 saturated carbocycles. The average molecular weight is 304 g/mol. The molecular formula is C17H24N2O3. The number of carbonyl (C=O) groups is 2. The fraction of sp³-hybridized carbons (Fsp3) is 0.529. The van der Waals surface area contributed by atoms with Crippen molar-refractivity contribution in [2.75, 3.05) is 37.7 Å². The van der Waals surface area contributed by atoms with Crippen LogP contribution in [0.5, 0.6) is 0 Å². The zero-order valence-corrected chi connectivity index (χ0v) is 13.5. The smallest absolute Gasteiger partial charge is 0.242 e. The van der Waals surface area contributed by atoms with Crippen molar-refractivity contribution in [2.45, 2.75) is 26.7 Å². The van der Waals surface area contributed by atoms with Gasteiger partial charge in [-0.1, -0.05) is 32.0 Å². The van der Waals surface area contributed by atoms with E-state index in [0.717, 1.165) is 11.3 Å². The second-order valence-electron chi connectivity index (χ2n) is 5.81. The van der Waals surface area contributed by atoms with Crippen molar-refractivity contribution < 1.29 is 14.3 Å². The molecule has 2 rings (SSSR count). The quantitative estimate of drug-likeness (QED) is 0.855. The fourth-order valence-electron chi connectivity index (χ4n) is 2.64. The predicted octanol–water partition coefficient (Wildman–Crippen LogP) is 2.02. The Balaban J connectivity index is 2.20. The summed E-state index contributed by atoms with van der Waals surface area (Å²) in [5.41, 5.74) is 1.90. The Morgan fingerprint density at radius 3 is 2.45 bits per heavy atom. The molecule has 1 saturated heterocycles. The molecule has 1 aromatic rings. The summed E-state index contributed by atoms with van der Waals surface area (Å²) < 4.78 is 5.26. The average Bonchev–Trinajstić information content (AvgIpc) is 2.53. The standard InChI is InChI=1S/C17H24N2O3/c1-13(2)15-6-4-5-7-16(15)19(14(3)20)12-17(21)18-8-10-22-11-9-18/h4-7,13H,8-12H2,1-3H3. The number of hydrogen-bond donors (Lipinski definition) is 0. The van der Waals surface area contributed by atoms with Crippen LogP contribution in [0.1, 0.15) is 32.3 Å². The summed E-state index contributed by atoms with van der Waals surface area (Å²) in [5, 5.41) is 0. The Morgan fingerprint density at radius 1 is 1.23 bits per heavy atom. The van der Waals surface area contributed by atoms with Gasteiger partial charge in [0.1, 0.15) is 6.54 Å². The Kier molecular flexibility index (Phi) is 5.55. The summed E-state index contributed by atoms with van der Waals surface area (Å²) in [5.74, 6) is 0.142. The van der Waals surface area contributed by atoms with Crippen LogP contribution in [0.4, 0.5) is 5.69 Å². The van der Waals surface area contributed by atoms with E-state index < -0.39 is 0 Å². The number of para-hydroxylation sites is 1. The molecule has 2 amide bonds. The minimum absolute atomic E-state index is 0.0305. The Hall–Kier alpha value is -1.88. The minimum Gasteiger partial charge on any atom is -0.378 e. The van der Waals surface area contributed by atoms with Gasteiger partial charge in [-0.15, -0.1) is 0 Å². The zero-order valence-electron chi connectivity index (χ0n) is 13.5. The van der Waals surface area contributed by atoms with Gasteiger partial charge in [-0.25, -0.2) is 0 Å². The second-order valence-corrected chi connectivity index (χ2v) is 5.81. The van der Waals surface area contributed by atoms with Gasteiger partial charge >= 0.3 is 0 Å². The molecule has 0 aromatic heterocycles. The summed E-state index contributed by atoms with van der Waals surface area (Å²) in [7, 11) is 0. The molecular weight excluding hydrogens is 280 g/mol. The van der Waals surface area contributed by atoms with E-state index in [1.165, 1.54) is 6.92 Å².